The van der Waals surface area contributed by atoms with E-state index in [-0.39, 0.29) is 21.5 Å². The zero-order valence-corrected chi connectivity index (χ0v) is 14.6. The van der Waals surface area contributed by atoms with E-state index >= 15 is 0 Å². The lowest BCUT2D eigenvalue weighted by molar-refractivity contribution is 0.281. The molecule has 0 radical (unpaired) electrons. The van der Waals surface area contributed by atoms with Gasteiger partial charge < -0.3 is 10.0 Å². The molecule has 1 rings (SSSR count). The molecule has 120 valence electrons. The smallest absolute Gasteiger partial charge is 0.244 e. The maximum atomic E-state index is 12.5. The molecule has 0 aliphatic carbocycles. The van der Waals surface area contributed by atoms with Gasteiger partial charge in [-0.1, -0.05) is 23.2 Å². The van der Waals surface area contributed by atoms with Crippen molar-refractivity contribution >= 4 is 33.2 Å². The average Bonchev–Trinajstić information content (AvgIpc) is 2.37. The zero-order valence-electron chi connectivity index (χ0n) is 12.3. The van der Waals surface area contributed by atoms with E-state index in [1.54, 1.807) is 0 Å². The van der Waals surface area contributed by atoms with Crippen LogP contribution in [0.4, 0.5) is 0 Å². The van der Waals surface area contributed by atoms with Crippen molar-refractivity contribution in [2.45, 2.75) is 17.9 Å². The highest BCUT2D eigenvalue weighted by atomic mass is 35.5. The molecule has 21 heavy (non-hydrogen) atoms. The van der Waals surface area contributed by atoms with Crippen LogP contribution in [-0.4, -0.2) is 57.0 Å². The van der Waals surface area contributed by atoms with Crippen LogP contribution in [0.1, 0.15) is 12.0 Å². The molecule has 0 saturated carbocycles. The summed E-state index contributed by atoms with van der Waals surface area (Å²) in [5.41, 5.74) is 0.335. The number of aliphatic hydroxyl groups is 1. The summed E-state index contributed by atoms with van der Waals surface area (Å²) in [6.45, 7) is 0.826. The van der Waals surface area contributed by atoms with Crippen LogP contribution >= 0.6 is 23.2 Å². The highest BCUT2D eigenvalue weighted by Gasteiger charge is 2.24. The Kier molecular flexibility index (Phi) is 6.90. The first-order chi connectivity index (χ1) is 9.70. The van der Waals surface area contributed by atoms with Crippen LogP contribution in [0.25, 0.3) is 0 Å². The molecule has 0 atom stereocenters. The summed E-state index contributed by atoms with van der Waals surface area (Å²) in [4.78, 5) is 1.95. The van der Waals surface area contributed by atoms with Gasteiger partial charge in [-0.15, -0.1) is 0 Å². The van der Waals surface area contributed by atoms with E-state index in [9.17, 15) is 13.5 Å². The van der Waals surface area contributed by atoms with Crippen LogP contribution in [0, 0.1) is 0 Å². The van der Waals surface area contributed by atoms with Crippen molar-refractivity contribution in [1.29, 1.82) is 0 Å². The molecule has 5 nitrogen and oxygen atoms in total. The van der Waals surface area contributed by atoms with Crippen LogP contribution in [0.5, 0.6) is 0 Å². The fraction of sp³-hybridized carbons (Fsp3) is 0.538. The third kappa shape index (κ3) is 4.81. The Labute approximate surface area is 136 Å². The van der Waals surface area contributed by atoms with Gasteiger partial charge in [0.2, 0.25) is 10.0 Å². The maximum Gasteiger partial charge on any atom is 0.244 e. The van der Waals surface area contributed by atoms with Crippen LogP contribution in [0.15, 0.2) is 17.0 Å². The minimum absolute atomic E-state index is 0.0371. The first kappa shape index (κ1) is 18.7. The quantitative estimate of drug-likeness (QED) is 0.813. The molecule has 0 aliphatic rings. The Morgan fingerprint density at radius 1 is 1.10 bits per heavy atom. The van der Waals surface area contributed by atoms with Crippen molar-refractivity contribution in [2.75, 3.05) is 34.2 Å². The summed E-state index contributed by atoms with van der Waals surface area (Å²) in [6, 6.07) is 2.66. The van der Waals surface area contributed by atoms with Gasteiger partial charge >= 0.3 is 0 Å². The highest BCUT2D eigenvalue weighted by molar-refractivity contribution is 7.89. The zero-order chi connectivity index (χ0) is 16.2. The molecule has 0 aromatic heterocycles. The number of halogens is 2. The molecule has 0 fully saturated rings. The largest absolute Gasteiger partial charge is 0.392 e. The minimum atomic E-state index is -3.70. The minimum Gasteiger partial charge on any atom is -0.392 e. The number of aliphatic hydroxyl groups excluding tert-OH is 1. The predicted molar refractivity (Wildman–Crippen MR) is 85.4 cm³/mol. The number of benzene rings is 1. The Morgan fingerprint density at radius 2 is 1.71 bits per heavy atom. The Bertz CT molecular complexity index is 591. The molecule has 0 heterocycles. The summed E-state index contributed by atoms with van der Waals surface area (Å²) in [5.74, 6) is 0. The molecule has 1 aromatic rings. The lowest BCUT2D eigenvalue weighted by Crippen LogP contribution is -2.30. The number of sulfonamides is 1. The lowest BCUT2D eigenvalue weighted by atomic mass is 10.2. The number of rotatable bonds is 7. The van der Waals surface area contributed by atoms with Gasteiger partial charge in [-0.05, 0) is 44.8 Å². The number of nitrogens with zero attached hydrogens (tertiary/aromatic N) is 2. The second-order valence-electron chi connectivity index (χ2n) is 5.02. The second-order valence-corrected chi connectivity index (χ2v) is 7.84. The van der Waals surface area contributed by atoms with Crippen LogP contribution < -0.4 is 0 Å². The second kappa shape index (κ2) is 7.76. The standard InChI is InChI=1S/C13H20Cl2N2O3S/c1-16(2)5-4-6-17(3)21(19,20)13-7-10(9-18)11(14)8-12(13)15/h7-8,18H,4-6,9H2,1-3H3. The maximum absolute atomic E-state index is 12.5. The first-order valence-corrected chi connectivity index (χ1v) is 8.59. The summed E-state index contributed by atoms with van der Waals surface area (Å²) < 4.78 is 26.3. The van der Waals surface area contributed by atoms with Gasteiger partial charge in [0.05, 0.1) is 11.6 Å². The summed E-state index contributed by atoms with van der Waals surface area (Å²) in [6.07, 6.45) is 0.709. The summed E-state index contributed by atoms with van der Waals surface area (Å²) >= 11 is 11.9. The van der Waals surface area contributed by atoms with Crippen molar-refractivity contribution < 1.29 is 13.5 Å². The Hall–Kier alpha value is -0.370. The molecule has 1 N–H and O–H groups in total. The number of hydrogen-bond donors (Lipinski definition) is 1. The van der Waals surface area contributed by atoms with Gasteiger partial charge in [-0.2, -0.15) is 0 Å². The lowest BCUT2D eigenvalue weighted by Gasteiger charge is -2.19. The summed E-state index contributed by atoms with van der Waals surface area (Å²) in [5, 5.41) is 9.50. The molecule has 0 unspecified atom stereocenters. The predicted octanol–water partition coefficient (Wildman–Crippen LogP) is 2.06. The van der Waals surface area contributed by atoms with E-state index in [2.05, 4.69) is 0 Å². The molecule has 8 heteroatoms. The van der Waals surface area contributed by atoms with Crippen molar-refractivity contribution in [3.05, 3.63) is 27.7 Å². The van der Waals surface area contributed by atoms with Gasteiger partial charge in [0.1, 0.15) is 4.90 Å². The van der Waals surface area contributed by atoms with Gasteiger partial charge in [0.15, 0.2) is 0 Å². The highest BCUT2D eigenvalue weighted by Crippen LogP contribution is 2.30. The third-order valence-electron chi connectivity index (χ3n) is 3.04. The molecule has 0 spiro atoms. The third-order valence-corrected chi connectivity index (χ3v) is 5.71. The van der Waals surface area contributed by atoms with Gasteiger partial charge in [-0.25, -0.2) is 12.7 Å². The molecular formula is C13H20Cl2N2O3S. The van der Waals surface area contributed by atoms with Crippen molar-refractivity contribution in [3.8, 4) is 0 Å². The average molecular weight is 355 g/mol. The van der Waals surface area contributed by atoms with E-state index < -0.39 is 10.0 Å². The van der Waals surface area contributed by atoms with E-state index in [1.807, 2.05) is 19.0 Å². The number of hydrogen-bond acceptors (Lipinski definition) is 4. The molecule has 0 saturated heterocycles. The van der Waals surface area contributed by atoms with Crippen LogP contribution in [0.3, 0.4) is 0 Å². The van der Waals surface area contributed by atoms with Gasteiger partial charge in [-0.3, -0.25) is 0 Å². The van der Waals surface area contributed by atoms with E-state index in [0.29, 0.717) is 18.5 Å². The van der Waals surface area contributed by atoms with Crippen LogP contribution in [0.2, 0.25) is 10.0 Å². The van der Waals surface area contributed by atoms with E-state index in [0.717, 1.165) is 6.54 Å². The van der Waals surface area contributed by atoms with Crippen molar-refractivity contribution in [3.63, 3.8) is 0 Å². The van der Waals surface area contributed by atoms with E-state index in [1.165, 1.54) is 23.5 Å². The van der Waals surface area contributed by atoms with Crippen molar-refractivity contribution in [1.82, 2.24) is 9.21 Å². The SMILES string of the molecule is CN(C)CCCN(C)S(=O)(=O)c1cc(CO)c(Cl)cc1Cl. The van der Waals surface area contributed by atoms with Crippen LogP contribution in [-0.2, 0) is 16.6 Å². The molecule has 0 aliphatic heterocycles. The van der Waals surface area contributed by atoms with Gasteiger partial charge in [0.25, 0.3) is 0 Å². The Balaban J connectivity index is 3.02. The molecular weight excluding hydrogens is 335 g/mol. The van der Waals surface area contributed by atoms with Crippen molar-refractivity contribution in [2.24, 2.45) is 0 Å². The van der Waals surface area contributed by atoms with Gasteiger partial charge in [0, 0.05) is 18.6 Å². The first-order valence-electron chi connectivity index (χ1n) is 6.40. The molecule has 0 amide bonds. The summed E-state index contributed by atoms with van der Waals surface area (Å²) in [7, 11) is 1.66. The Morgan fingerprint density at radius 3 is 2.24 bits per heavy atom. The van der Waals surface area contributed by atoms with E-state index in [4.69, 9.17) is 23.2 Å². The fourth-order valence-corrected chi connectivity index (χ4v) is 3.82. The topological polar surface area (TPSA) is 60.9 Å². The molecule has 0 bridgehead atoms. The fourth-order valence-electron chi connectivity index (χ4n) is 1.79. The monoisotopic (exact) mass is 354 g/mol. The molecule has 1 aromatic carbocycles. The normalized spacial score (nSPS) is 12.4.